The summed E-state index contributed by atoms with van der Waals surface area (Å²) >= 11 is 3.55. The van der Waals surface area contributed by atoms with E-state index in [4.69, 9.17) is 4.74 Å². The van der Waals surface area contributed by atoms with Crippen LogP contribution in [0, 0.1) is 0 Å². The van der Waals surface area contributed by atoms with Gasteiger partial charge in [-0.25, -0.2) is 4.79 Å². The van der Waals surface area contributed by atoms with Crippen LogP contribution in [0.2, 0.25) is 0 Å². The minimum Gasteiger partial charge on any atom is -0.444 e. The van der Waals surface area contributed by atoms with E-state index in [9.17, 15) is 4.79 Å². The van der Waals surface area contributed by atoms with Gasteiger partial charge in [-0.2, -0.15) is 0 Å². The molecule has 0 aliphatic rings. The van der Waals surface area contributed by atoms with Crippen molar-refractivity contribution in [1.82, 2.24) is 10.6 Å². The van der Waals surface area contributed by atoms with Crippen LogP contribution in [0.1, 0.15) is 46.1 Å². The van der Waals surface area contributed by atoms with Crippen LogP contribution < -0.4 is 10.6 Å². The molecule has 0 radical (unpaired) electrons. The molecular formula is C17H27BrN2O2. The zero-order valence-electron chi connectivity index (χ0n) is 13.9. The zero-order chi connectivity index (χ0) is 16.6. The molecule has 0 aromatic heterocycles. The number of carbonyl (C=O) groups is 1. The summed E-state index contributed by atoms with van der Waals surface area (Å²) in [6.45, 7) is 9.06. The molecule has 0 saturated heterocycles. The van der Waals surface area contributed by atoms with E-state index in [0.29, 0.717) is 6.54 Å². The van der Waals surface area contributed by atoms with Crippen molar-refractivity contribution >= 4 is 22.0 Å². The van der Waals surface area contributed by atoms with Crippen LogP contribution in [0.25, 0.3) is 0 Å². The van der Waals surface area contributed by atoms with E-state index < -0.39 is 5.60 Å². The Balaban J connectivity index is 2.45. The fourth-order valence-electron chi connectivity index (χ4n) is 2.04. The Labute approximate surface area is 142 Å². The lowest BCUT2D eigenvalue weighted by Crippen LogP contribution is -2.42. The molecule has 0 spiro atoms. The molecular weight excluding hydrogens is 344 g/mol. The third kappa shape index (κ3) is 7.80. The lowest BCUT2D eigenvalue weighted by atomic mass is 10.1. The molecule has 0 aliphatic heterocycles. The van der Waals surface area contributed by atoms with Crippen LogP contribution in [0.5, 0.6) is 0 Å². The first-order valence-corrected chi connectivity index (χ1v) is 8.54. The van der Waals surface area contributed by atoms with Crippen LogP contribution >= 0.6 is 15.9 Å². The highest BCUT2D eigenvalue weighted by Gasteiger charge is 2.17. The summed E-state index contributed by atoms with van der Waals surface area (Å²) in [5, 5.41) is 6.34. The van der Waals surface area contributed by atoms with Crippen molar-refractivity contribution in [2.45, 2.75) is 58.7 Å². The molecule has 0 bridgehead atoms. The largest absolute Gasteiger partial charge is 0.444 e. The van der Waals surface area contributed by atoms with E-state index in [0.717, 1.165) is 23.9 Å². The standard InChI is InChI=1S/C17H27BrN2O2/c1-5-8-14(12-20-16(21)22-17(2,3)4)19-11-13-9-6-7-10-15(13)18/h6-7,9-10,14,19H,5,8,11-12H2,1-4H3,(H,20,21). The second-order valence-corrected chi connectivity index (χ2v) is 7.20. The monoisotopic (exact) mass is 370 g/mol. The molecule has 1 amide bonds. The van der Waals surface area contributed by atoms with Gasteiger partial charge >= 0.3 is 6.09 Å². The van der Waals surface area contributed by atoms with Crippen molar-refractivity contribution in [2.75, 3.05) is 6.54 Å². The van der Waals surface area contributed by atoms with Gasteiger partial charge in [0.05, 0.1) is 0 Å². The number of halogens is 1. The van der Waals surface area contributed by atoms with Crippen LogP contribution in [-0.4, -0.2) is 24.3 Å². The highest BCUT2D eigenvalue weighted by molar-refractivity contribution is 9.10. The molecule has 5 heteroatoms. The van der Waals surface area contributed by atoms with Crippen LogP contribution in [0.4, 0.5) is 4.79 Å². The maximum atomic E-state index is 11.7. The van der Waals surface area contributed by atoms with Crippen molar-refractivity contribution in [1.29, 1.82) is 0 Å². The fraction of sp³-hybridized carbons (Fsp3) is 0.588. The molecule has 0 aliphatic carbocycles. The second kappa shape index (κ2) is 9.16. The summed E-state index contributed by atoms with van der Waals surface area (Å²) in [4.78, 5) is 11.7. The smallest absolute Gasteiger partial charge is 0.407 e. The number of carbonyl (C=O) groups excluding carboxylic acids is 1. The van der Waals surface area contributed by atoms with Crippen LogP contribution in [-0.2, 0) is 11.3 Å². The van der Waals surface area contributed by atoms with E-state index in [-0.39, 0.29) is 12.1 Å². The topological polar surface area (TPSA) is 50.4 Å². The number of ether oxygens (including phenoxy) is 1. The number of nitrogens with one attached hydrogen (secondary N) is 2. The molecule has 0 fully saturated rings. The first kappa shape index (κ1) is 19.0. The maximum Gasteiger partial charge on any atom is 0.407 e. The number of rotatable bonds is 7. The molecule has 0 saturated carbocycles. The maximum absolute atomic E-state index is 11.7. The van der Waals surface area contributed by atoms with Crippen molar-refractivity contribution in [3.63, 3.8) is 0 Å². The minimum atomic E-state index is -0.466. The van der Waals surface area contributed by atoms with Gasteiger partial charge in [0.1, 0.15) is 5.60 Å². The molecule has 0 heterocycles. The van der Waals surface area contributed by atoms with Gasteiger partial charge in [-0.05, 0) is 38.8 Å². The molecule has 1 atom stereocenters. The third-order valence-corrected chi connectivity index (χ3v) is 3.84. The Hall–Kier alpha value is -1.07. The SMILES string of the molecule is CCCC(CNC(=O)OC(C)(C)C)NCc1ccccc1Br. The number of benzene rings is 1. The normalized spacial score (nSPS) is 12.8. The quantitative estimate of drug-likeness (QED) is 0.754. The Morgan fingerprint density at radius 1 is 1.32 bits per heavy atom. The first-order valence-electron chi connectivity index (χ1n) is 7.75. The Bertz CT molecular complexity index is 472. The third-order valence-electron chi connectivity index (χ3n) is 3.07. The number of hydrogen-bond donors (Lipinski definition) is 2. The molecule has 22 heavy (non-hydrogen) atoms. The van der Waals surface area contributed by atoms with E-state index in [2.05, 4.69) is 39.6 Å². The molecule has 1 unspecified atom stereocenters. The van der Waals surface area contributed by atoms with E-state index in [1.165, 1.54) is 5.56 Å². The lowest BCUT2D eigenvalue weighted by Gasteiger charge is -2.22. The fourth-order valence-corrected chi connectivity index (χ4v) is 2.47. The first-order chi connectivity index (χ1) is 10.3. The zero-order valence-corrected chi connectivity index (χ0v) is 15.5. The summed E-state index contributed by atoms with van der Waals surface area (Å²) in [6, 6.07) is 8.37. The summed E-state index contributed by atoms with van der Waals surface area (Å²) in [6.07, 6.45) is 1.69. The number of amides is 1. The summed E-state index contributed by atoms with van der Waals surface area (Å²) in [5.74, 6) is 0. The second-order valence-electron chi connectivity index (χ2n) is 6.34. The van der Waals surface area contributed by atoms with E-state index >= 15 is 0 Å². The molecule has 1 rings (SSSR count). The molecule has 4 nitrogen and oxygen atoms in total. The van der Waals surface area contributed by atoms with Crippen molar-refractivity contribution in [3.8, 4) is 0 Å². The van der Waals surface area contributed by atoms with Gasteiger partial charge in [-0.3, -0.25) is 0 Å². The highest BCUT2D eigenvalue weighted by Crippen LogP contribution is 2.15. The van der Waals surface area contributed by atoms with Gasteiger partial charge in [0.25, 0.3) is 0 Å². The van der Waals surface area contributed by atoms with Gasteiger partial charge in [0.2, 0.25) is 0 Å². The Morgan fingerprint density at radius 2 is 2.00 bits per heavy atom. The van der Waals surface area contributed by atoms with E-state index in [1.54, 1.807) is 0 Å². The minimum absolute atomic E-state index is 0.227. The number of alkyl carbamates (subject to hydrolysis) is 1. The lowest BCUT2D eigenvalue weighted by molar-refractivity contribution is 0.0521. The predicted molar refractivity (Wildman–Crippen MR) is 93.9 cm³/mol. The summed E-state index contributed by atoms with van der Waals surface area (Å²) < 4.78 is 6.36. The van der Waals surface area contributed by atoms with Gasteiger partial charge in [0.15, 0.2) is 0 Å². The van der Waals surface area contributed by atoms with Crippen LogP contribution in [0.15, 0.2) is 28.7 Å². The van der Waals surface area contributed by atoms with Crippen LogP contribution in [0.3, 0.4) is 0 Å². The Kier molecular flexibility index (Phi) is 7.90. The predicted octanol–water partition coefficient (Wildman–Crippen LogP) is 4.23. The van der Waals surface area contributed by atoms with Gasteiger partial charge in [0, 0.05) is 23.6 Å². The molecule has 1 aromatic rings. The van der Waals surface area contributed by atoms with E-state index in [1.807, 2.05) is 39.0 Å². The van der Waals surface area contributed by atoms with Gasteiger partial charge in [-0.1, -0.05) is 47.5 Å². The van der Waals surface area contributed by atoms with Crippen molar-refractivity contribution in [3.05, 3.63) is 34.3 Å². The van der Waals surface area contributed by atoms with Gasteiger partial charge < -0.3 is 15.4 Å². The van der Waals surface area contributed by atoms with Gasteiger partial charge in [-0.15, -0.1) is 0 Å². The van der Waals surface area contributed by atoms with Crippen molar-refractivity contribution in [2.24, 2.45) is 0 Å². The van der Waals surface area contributed by atoms with Crippen molar-refractivity contribution < 1.29 is 9.53 Å². The molecule has 1 aromatic carbocycles. The summed E-state index contributed by atoms with van der Waals surface area (Å²) in [5.41, 5.74) is 0.744. The Morgan fingerprint density at radius 3 is 2.59 bits per heavy atom. The average molecular weight is 371 g/mol. The number of hydrogen-bond acceptors (Lipinski definition) is 3. The molecule has 124 valence electrons. The summed E-state index contributed by atoms with van der Waals surface area (Å²) in [7, 11) is 0. The molecule has 2 N–H and O–H groups in total. The average Bonchev–Trinajstić information content (AvgIpc) is 2.41. The highest BCUT2D eigenvalue weighted by atomic mass is 79.9.